The molecule has 0 amide bonds. The largest absolute Gasteiger partial charge is 0.377 e. The van der Waals surface area contributed by atoms with E-state index < -0.39 is 0 Å². The predicted molar refractivity (Wildman–Crippen MR) is 93.8 cm³/mol. The molecule has 0 aliphatic heterocycles. The van der Waals surface area contributed by atoms with E-state index in [1.165, 1.54) is 5.56 Å². The van der Waals surface area contributed by atoms with E-state index in [0.717, 1.165) is 24.9 Å². The van der Waals surface area contributed by atoms with Crippen LogP contribution in [0.1, 0.15) is 37.8 Å². The van der Waals surface area contributed by atoms with Crippen molar-refractivity contribution < 1.29 is 0 Å². The summed E-state index contributed by atoms with van der Waals surface area (Å²) >= 11 is 18.3. The topological polar surface area (TPSA) is 12.0 Å². The molecule has 1 unspecified atom stereocenters. The first-order chi connectivity index (χ1) is 10.1. The van der Waals surface area contributed by atoms with E-state index in [2.05, 4.69) is 24.4 Å². The quantitative estimate of drug-likeness (QED) is 0.558. The summed E-state index contributed by atoms with van der Waals surface area (Å²) in [4.78, 5) is 0. The average molecular weight is 343 g/mol. The molecule has 0 aliphatic carbocycles. The molecule has 2 aromatic rings. The fraction of sp³-hybridized carbons (Fsp3) is 0.294. The Balaban J connectivity index is 2.25. The Kier molecular flexibility index (Phi) is 6.22. The molecule has 4 heteroatoms. The minimum absolute atomic E-state index is 0.209. The van der Waals surface area contributed by atoms with E-state index in [4.69, 9.17) is 34.8 Å². The molecule has 0 aliphatic rings. The lowest BCUT2D eigenvalue weighted by atomic mass is 10.0. The van der Waals surface area contributed by atoms with Gasteiger partial charge in [-0.15, -0.1) is 0 Å². The van der Waals surface area contributed by atoms with E-state index in [0.29, 0.717) is 15.1 Å². The van der Waals surface area contributed by atoms with Crippen molar-refractivity contribution in [3.8, 4) is 0 Å². The number of anilines is 1. The number of benzene rings is 2. The van der Waals surface area contributed by atoms with Crippen LogP contribution in [0.4, 0.5) is 5.69 Å². The monoisotopic (exact) mass is 341 g/mol. The number of hydrogen-bond donors (Lipinski definition) is 1. The molecule has 2 aromatic carbocycles. The van der Waals surface area contributed by atoms with Crippen molar-refractivity contribution in [3.63, 3.8) is 0 Å². The predicted octanol–water partition coefficient (Wildman–Crippen LogP) is 6.99. The molecule has 1 atom stereocenters. The molecule has 2 rings (SSSR count). The fourth-order valence-electron chi connectivity index (χ4n) is 2.24. The van der Waals surface area contributed by atoms with Crippen molar-refractivity contribution in [1.29, 1.82) is 0 Å². The zero-order valence-corrected chi connectivity index (χ0v) is 14.1. The first-order valence-electron chi connectivity index (χ1n) is 7.08. The van der Waals surface area contributed by atoms with Crippen molar-refractivity contribution in [2.75, 3.05) is 5.32 Å². The molecule has 1 nitrogen and oxygen atoms in total. The van der Waals surface area contributed by atoms with E-state index in [1.807, 2.05) is 18.2 Å². The first-order valence-corrected chi connectivity index (χ1v) is 8.21. The van der Waals surface area contributed by atoms with Gasteiger partial charge in [-0.05, 0) is 24.1 Å². The Morgan fingerprint density at radius 3 is 2.29 bits per heavy atom. The van der Waals surface area contributed by atoms with Gasteiger partial charge in [-0.1, -0.05) is 84.9 Å². The van der Waals surface area contributed by atoms with Crippen molar-refractivity contribution in [2.24, 2.45) is 0 Å². The molecule has 1 N–H and O–H groups in total. The molecule has 0 bridgehead atoms. The third-order valence-corrected chi connectivity index (χ3v) is 4.42. The standard InChI is InChI=1S/C17H18Cl3N/c1-2-3-9-16(12-7-5-4-6-8-12)21-17-11-14(19)13(18)10-15(17)20/h4-8,10-11,16,21H,2-3,9H2,1H3. The van der Waals surface area contributed by atoms with Gasteiger partial charge < -0.3 is 5.32 Å². The Bertz CT molecular complexity index is 584. The highest BCUT2D eigenvalue weighted by molar-refractivity contribution is 6.44. The van der Waals surface area contributed by atoms with Crippen LogP contribution >= 0.6 is 34.8 Å². The van der Waals surface area contributed by atoms with Crippen LogP contribution in [0.5, 0.6) is 0 Å². The second kappa shape index (κ2) is 7.93. The summed E-state index contributed by atoms with van der Waals surface area (Å²) in [6, 6.07) is 14.0. The van der Waals surface area contributed by atoms with Gasteiger partial charge in [0.15, 0.2) is 0 Å². The summed E-state index contributed by atoms with van der Waals surface area (Å²) in [5.41, 5.74) is 2.06. The smallest absolute Gasteiger partial charge is 0.0653 e. The Morgan fingerprint density at radius 1 is 0.952 bits per heavy atom. The van der Waals surface area contributed by atoms with Crippen LogP contribution in [0.15, 0.2) is 42.5 Å². The molecular formula is C17H18Cl3N. The van der Waals surface area contributed by atoms with E-state index in [-0.39, 0.29) is 6.04 Å². The lowest BCUT2D eigenvalue weighted by Gasteiger charge is -2.21. The molecule has 0 heterocycles. The van der Waals surface area contributed by atoms with Gasteiger partial charge in [0.05, 0.1) is 26.8 Å². The summed E-state index contributed by atoms with van der Waals surface area (Å²) in [5.74, 6) is 0. The fourth-order valence-corrected chi connectivity index (χ4v) is 2.84. The second-order valence-corrected chi connectivity index (χ2v) is 6.22. The molecule has 0 saturated carbocycles. The van der Waals surface area contributed by atoms with Gasteiger partial charge in [-0.2, -0.15) is 0 Å². The minimum Gasteiger partial charge on any atom is -0.377 e. The normalized spacial score (nSPS) is 12.2. The zero-order chi connectivity index (χ0) is 15.2. The molecule has 0 aromatic heterocycles. The number of hydrogen-bond acceptors (Lipinski definition) is 1. The number of rotatable bonds is 6. The third kappa shape index (κ3) is 4.54. The minimum atomic E-state index is 0.209. The molecular weight excluding hydrogens is 325 g/mol. The highest BCUT2D eigenvalue weighted by Crippen LogP contribution is 2.35. The molecule has 0 spiro atoms. The van der Waals surface area contributed by atoms with Gasteiger partial charge in [0, 0.05) is 0 Å². The van der Waals surface area contributed by atoms with Gasteiger partial charge in [0.2, 0.25) is 0 Å². The van der Waals surface area contributed by atoms with Crippen LogP contribution < -0.4 is 5.32 Å². The molecule has 21 heavy (non-hydrogen) atoms. The third-order valence-electron chi connectivity index (χ3n) is 3.39. The maximum atomic E-state index is 6.26. The second-order valence-electron chi connectivity index (χ2n) is 5.00. The highest BCUT2D eigenvalue weighted by Gasteiger charge is 2.13. The summed E-state index contributed by atoms with van der Waals surface area (Å²) in [5, 5.41) is 5.05. The van der Waals surface area contributed by atoms with Gasteiger partial charge >= 0.3 is 0 Å². The average Bonchev–Trinajstić information content (AvgIpc) is 2.49. The molecule has 0 saturated heterocycles. The van der Waals surface area contributed by atoms with Crippen LogP contribution in [0, 0.1) is 0 Å². The van der Waals surface area contributed by atoms with Gasteiger partial charge in [0.1, 0.15) is 0 Å². The van der Waals surface area contributed by atoms with E-state index >= 15 is 0 Å². The van der Waals surface area contributed by atoms with Crippen LogP contribution in [0.3, 0.4) is 0 Å². The zero-order valence-electron chi connectivity index (χ0n) is 11.9. The van der Waals surface area contributed by atoms with E-state index in [1.54, 1.807) is 12.1 Å². The SMILES string of the molecule is CCCCC(Nc1cc(Cl)c(Cl)cc1Cl)c1ccccc1. The van der Waals surface area contributed by atoms with Crippen LogP contribution in [0.25, 0.3) is 0 Å². The number of nitrogens with one attached hydrogen (secondary N) is 1. The van der Waals surface area contributed by atoms with Gasteiger partial charge in [-0.25, -0.2) is 0 Å². The van der Waals surface area contributed by atoms with E-state index in [9.17, 15) is 0 Å². The van der Waals surface area contributed by atoms with Crippen molar-refractivity contribution >= 4 is 40.5 Å². The maximum absolute atomic E-state index is 6.26. The lowest BCUT2D eigenvalue weighted by Crippen LogP contribution is -2.11. The van der Waals surface area contributed by atoms with Crippen LogP contribution in [0.2, 0.25) is 15.1 Å². The van der Waals surface area contributed by atoms with Gasteiger partial charge in [-0.3, -0.25) is 0 Å². The Labute approximate surface area is 141 Å². The van der Waals surface area contributed by atoms with Crippen LogP contribution in [-0.4, -0.2) is 0 Å². The van der Waals surface area contributed by atoms with Crippen molar-refractivity contribution in [1.82, 2.24) is 0 Å². The maximum Gasteiger partial charge on any atom is 0.0653 e. The summed E-state index contributed by atoms with van der Waals surface area (Å²) < 4.78 is 0. The lowest BCUT2D eigenvalue weighted by molar-refractivity contribution is 0.634. The number of halogens is 3. The molecule has 0 radical (unpaired) electrons. The molecule has 0 fully saturated rings. The van der Waals surface area contributed by atoms with Gasteiger partial charge in [0.25, 0.3) is 0 Å². The highest BCUT2D eigenvalue weighted by atomic mass is 35.5. The summed E-state index contributed by atoms with van der Waals surface area (Å²) in [6.45, 7) is 2.19. The van der Waals surface area contributed by atoms with Crippen LogP contribution in [-0.2, 0) is 0 Å². The van der Waals surface area contributed by atoms with Crippen molar-refractivity contribution in [2.45, 2.75) is 32.2 Å². The number of unbranched alkanes of at least 4 members (excludes halogenated alkanes) is 1. The molecule has 112 valence electrons. The Hall–Kier alpha value is -0.890. The summed E-state index contributed by atoms with van der Waals surface area (Å²) in [6.07, 6.45) is 3.34. The first kappa shape index (κ1) is 16.5. The van der Waals surface area contributed by atoms with Crippen molar-refractivity contribution in [3.05, 3.63) is 63.1 Å². The Morgan fingerprint density at radius 2 is 1.62 bits per heavy atom. The summed E-state index contributed by atoms with van der Waals surface area (Å²) in [7, 11) is 0.